The molecule has 0 aliphatic carbocycles. The largest absolute Gasteiger partial charge is 0.481 e. The Morgan fingerprint density at radius 3 is 2.70 bits per heavy atom. The van der Waals surface area contributed by atoms with E-state index in [0.29, 0.717) is 26.1 Å². The maximum Gasteiger partial charge on any atom is 0.317 e. The summed E-state index contributed by atoms with van der Waals surface area (Å²) in [6, 6.07) is -0.554. The Morgan fingerprint density at radius 1 is 1.35 bits per heavy atom. The number of carbonyl (C=O) groups excluding carboxylic acids is 2. The van der Waals surface area contributed by atoms with Gasteiger partial charge in [0.05, 0.1) is 5.92 Å². The molecule has 2 saturated heterocycles. The molecule has 2 aliphatic heterocycles. The van der Waals surface area contributed by atoms with E-state index in [2.05, 4.69) is 5.32 Å². The first kappa shape index (κ1) is 14.6. The number of fused-ring (bicyclic) bond motifs is 1. The van der Waals surface area contributed by atoms with Crippen LogP contribution in [0.5, 0.6) is 0 Å². The second-order valence-corrected chi connectivity index (χ2v) is 5.59. The fraction of sp³-hybridized carbons (Fsp3) is 0.769. The molecule has 7 heteroatoms. The van der Waals surface area contributed by atoms with Crippen molar-refractivity contribution in [3.05, 3.63) is 0 Å². The van der Waals surface area contributed by atoms with Crippen molar-refractivity contribution in [1.29, 1.82) is 0 Å². The Labute approximate surface area is 117 Å². The van der Waals surface area contributed by atoms with E-state index in [9.17, 15) is 14.4 Å². The highest BCUT2D eigenvalue weighted by molar-refractivity contribution is 5.80. The van der Waals surface area contributed by atoms with E-state index < -0.39 is 17.9 Å². The van der Waals surface area contributed by atoms with E-state index in [1.54, 1.807) is 18.7 Å². The minimum atomic E-state index is -0.927. The first-order valence-electron chi connectivity index (χ1n) is 6.98. The fourth-order valence-electron chi connectivity index (χ4n) is 2.67. The zero-order valence-corrected chi connectivity index (χ0v) is 11.8. The number of carbonyl (C=O) groups is 3. The Hall–Kier alpha value is -1.79. The van der Waals surface area contributed by atoms with Crippen molar-refractivity contribution < 1.29 is 19.5 Å². The number of hydrogen-bond donors (Lipinski definition) is 2. The van der Waals surface area contributed by atoms with Crippen LogP contribution in [-0.4, -0.2) is 64.5 Å². The Morgan fingerprint density at radius 2 is 2.05 bits per heavy atom. The third kappa shape index (κ3) is 2.86. The molecule has 3 amide bonds. The van der Waals surface area contributed by atoms with Crippen LogP contribution in [0.3, 0.4) is 0 Å². The first-order chi connectivity index (χ1) is 9.40. The van der Waals surface area contributed by atoms with Gasteiger partial charge in [0.1, 0.15) is 0 Å². The predicted octanol–water partition coefficient (Wildman–Crippen LogP) is 0.112. The van der Waals surface area contributed by atoms with Gasteiger partial charge in [0.2, 0.25) is 5.91 Å². The van der Waals surface area contributed by atoms with Gasteiger partial charge in [-0.1, -0.05) is 0 Å². The summed E-state index contributed by atoms with van der Waals surface area (Å²) in [4.78, 5) is 38.1. The summed E-state index contributed by atoms with van der Waals surface area (Å²) >= 11 is 0. The molecule has 0 aromatic carbocycles. The van der Waals surface area contributed by atoms with E-state index in [0.717, 1.165) is 6.42 Å². The lowest BCUT2D eigenvalue weighted by atomic mass is 10.0. The van der Waals surface area contributed by atoms with Gasteiger partial charge in [-0.3, -0.25) is 9.59 Å². The summed E-state index contributed by atoms with van der Waals surface area (Å²) in [6.07, 6.45) is 1.36. The number of nitrogens with zero attached hydrogens (tertiary/aromatic N) is 2. The predicted molar refractivity (Wildman–Crippen MR) is 71.1 cm³/mol. The first-order valence-corrected chi connectivity index (χ1v) is 6.98. The SMILES string of the molecule is CC(NC(=O)N1CCN2C(=O)CCC2C1)C(C)C(=O)O. The molecule has 0 saturated carbocycles. The van der Waals surface area contributed by atoms with Gasteiger partial charge in [0, 0.05) is 38.1 Å². The van der Waals surface area contributed by atoms with Crippen LogP contribution in [0.2, 0.25) is 0 Å². The van der Waals surface area contributed by atoms with Crippen molar-refractivity contribution in [2.45, 2.75) is 38.8 Å². The second-order valence-electron chi connectivity index (χ2n) is 5.59. The monoisotopic (exact) mass is 283 g/mol. The minimum Gasteiger partial charge on any atom is -0.481 e. The molecule has 2 aliphatic rings. The number of urea groups is 1. The summed E-state index contributed by atoms with van der Waals surface area (Å²) in [6.45, 7) is 4.86. The summed E-state index contributed by atoms with van der Waals surface area (Å²) in [5.74, 6) is -1.39. The molecule has 0 spiro atoms. The van der Waals surface area contributed by atoms with Gasteiger partial charge in [-0.25, -0.2) is 4.79 Å². The van der Waals surface area contributed by atoms with Gasteiger partial charge in [-0.15, -0.1) is 0 Å². The maximum atomic E-state index is 12.1. The van der Waals surface area contributed by atoms with Crippen LogP contribution >= 0.6 is 0 Å². The number of carboxylic acid groups (broad SMARTS) is 1. The molecular formula is C13H21N3O4. The number of aliphatic carboxylic acids is 1. The lowest BCUT2D eigenvalue weighted by molar-refractivity contribution is -0.141. The number of amides is 3. The van der Waals surface area contributed by atoms with Crippen LogP contribution in [0.15, 0.2) is 0 Å². The molecule has 0 bridgehead atoms. The molecule has 2 N–H and O–H groups in total. The zero-order valence-electron chi connectivity index (χ0n) is 11.8. The highest BCUT2D eigenvalue weighted by Crippen LogP contribution is 2.22. The van der Waals surface area contributed by atoms with E-state index in [-0.39, 0.29) is 18.0 Å². The summed E-state index contributed by atoms with van der Waals surface area (Å²) in [7, 11) is 0. The normalized spacial score (nSPS) is 25.1. The van der Waals surface area contributed by atoms with Crippen LogP contribution in [0, 0.1) is 5.92 Å². The van der Waals surface area contributed by atoms with Gasteiger partial charge < -0.3 is 20.2 Å². The zero-order chi connectivity index (χ0) is 14.9. The third-order valence-electron chi connectivity index (χ3n) is 4.27. The lowest BCUT2D eigenvalue weighted by Crippen LogP contribution is -2.57. The van der Waals surface area contributed by atoms with Crippen molar-refractivity contribution >= 4 is 17.9 Å². The van der Waals surface area contributed by atoms with Gasteiger partial charge >= 0.3 is 12.0 Å². The molecular weight excluding hydrogens is 262 g/mol. The fourth-order valence-corrected chi connectivity index (χ4v) is 2.67. The average molecular weight is 283 g/mol. The average Bonchev–Trinajstić information content (AvgIpc) is 2.78. The summed E-state index contributed by atoms with van der Waals surface area (Å²) in [5, 5.41) is 11.6. The van der Waals surface area contributed by atoms with Gasteiger partial charge in [-0.2, -0.15) is 0 Å². The van der Waals surface area contributed by atoms with E-state index in [4.69, 9.17) is 5.11 Å². The molecule has 20 heavy (non-hydrogen) atoms. The van der Waals surface area contributed by atoms with Crippen molar-refractivity contribution in [3.8, 4) is 0 Å². The number of hydrogen-bond acceptors (Lipinski definition) is 3. The summed E-state index contributed by atoms with van der Waals surface area (Å²) < 4.78 is 0. The molecule has 2 fully saturated rings. The van der Waals surface area contributed by atoms with Crippen LogP contribution in [0.25, 0.3) is 0 Å². The van der Waals surface area contributed by atoms with Crippen LogP contribution in [-0.2, 0) is 9.59 Å². The van der Waals surface area contributed by atoms with E-state index in [1.807, 2.05) is 4.90 Å². The highest BCUT2D eigenvalue weighted by Gasteiger charge is 2.37. The standard InChI is InChI=1S/C13H21N3O4/c1-8(12(18)19)9(2)14-13(20)15-5-6-16-10(7-15)3-4-11(16)17/h8-10H,3-7H2,1-2H3,(H,14,20)(H,18,19). The van der Waals surface area contributed by atoms with Crippen molar-refractivity contribution in [2.75, 3.05) is 19.6 Å². The lowest BCUT2D eigenvalue weighted by Gasteiger charge is -2.38. The van der Waals surface area contributed by atoms with E-state index in [1.165, 1.54) is 0 Å². The molecule has 0 aromatic heterocycles. The third-order valence-corrected chi connectivity index (χ3v) is 4.27. The maximum absolute atomic E-state index is 12.1. The number of piperazine rings is 1. The topological polar surface area (TPSA) is 90.0 Å². The Bertz CT molecular complexity index is 426. The number of carboxylic acids is 1. The van der Waals surface area contributed by atoms with Gasteiger partial charge in [0.25, 0.3) is 0 Å². The molecule has 2 rings (SSSR count). The number of rotatable bonds is 3. The van der Waals surface area contributed by atoms with Gasteiger partial charge in [0.15, 0.2) is 0 Å². The smallest absolute Gasteiger partial charge is 0.317 e. The summed E-state index contributed by atoms with van der Waals surface area (Å²) in [5.41, 5.74) is 0. The van der Waals surface area contributed by atoms with Crippen molar-refractivity contribution in [2.24, 2.45) is 5.92 Å². The minimum absolute atomic E-state index is 0.120. The molecule has 3 unspecified atom stereocenters. The molecule has 112 valence electrons. The van der Waals surface area contributed by atoms with Crippen LogP contribution in [0.4, 0.5) is 4.79 Å². The van der Waals surface area contributed by atoms with Crippen molar-refractivity contribution in [1.82, 2.24) is 15.1 Å². The molecule has 7 nitrogen and oxygen atoms in total. The Balaban J connectivity index is 1.88. The molecule has 3 atom stereocenters. The molecule has 0 aromatic rings. The van der Waals surface area contributed by atoms with Gasteiger partial charge in [-0.05, 0) is 20.3 Å². The van der Waals surface area contributed by atoms with Crippen molar-refractivity contribution in [3.63, 3.8) is 0 Å². The molecule has 0 radical (unpaired) electrons. The van der Waals surface area contributed by atoms with Crippen LogP contribution in [0.1, 0.15) is 26.7 Å². The van der Waals surface area contributed by atoms with E-state index >= 15 is 0 Å². The van der Waals surface area contributed by atoms with Crippen LogP contribution < -0.4 is 5.32 Å². The molecule has 2 heterocycles. The highest BCUT2D eigenvalue weighted by atomic mass is 16.4. The number of nitrogens with one attached hydrogen (secondary N) is 1. The second kappa shape index (κ2) is 5.68. The Kier molecular flexibility index (Phi) is 4.15. The quantitative estimate of drug-likeness (QED) is 0.769.